The molecule has 2 heterocycles. The zero-order valence-electron chi connectivity index (χ0n) is 19.2. The second-order valence-corrected chi connectivity index (χ2v) is 10.5. The lowest BCUT2D eigenvalue weighted by molar-refractivity contribution is -0.127. The summed E-state index contributed by atoms with van der Waals surface area (Å²) >= 11 is 0. The molecule has 0 saturated heterocycles. The number of amides is 1. The maximum atomic E-state index is 15.4. The number of aromatic nitrogens is 4. The van der Waals surface area contributed by atoms with Crippen molar-refractivity contribution in [1.29, 1.82) is 0 Å². The van der Waals surface area contributed by atoms with Gasteiger partial charge in [-0.3, -0.25) is 14.5 Å². The van der Waals surface area contributed by atoms with Crippen molar-refractivity contribution in [2.45, 2.75) is 50.4 Å². The monoisotopic (exact) mass is 502 g/mol. The molecule has 12 heteroatoms. The summed E-state index contributed by atoms with van der Waals surface area (Å²) in [5, 5.41) is -0.393. The van der Waals surface area contributed by atoms with Crippen LogP contribution in [0.5, 0.6) is 5.88 Å². The number of alkyl halides is 1. The number of anilines is 1. The molecule has 1 fully saturated rings. The van der Waals surface area contributed by atoms with E-state index in [1.165, 1.54) is 30.7 Å². The Morgan fingerprint density at radius 2 is 2.11 bits per heavy atom. The minimum absolute atomic E-state index is 0.00270. The van der Waals surface area contributed by atoms with Crippen LogP contribution < -0.4 is 15.2 Å². The number of nitrogens with one attached hydrogen (secondary N) is 1. The Hall–Kier alpha value is -3.41. The molecular weight excluding hydrogens is 475 g/mol. The quantitative estimate of drug-likeness (QED) is 0.475. The van der Waals surface area contributed by atoms with Gasteiger partial charge in [-0.05, 0) is 51.2 Å². The lowest BCUT2D eigenvalue weighted by atomic mass is 9.73. The van der Waals surface area contributed by atoms with E-state index < -0.39 is 32.8 Å². The van der Waals surface area contributed by atoms with Gasteiger partial charge in [-0.15, -0.1) is 0 Å². The van der Waals surface area contributed by atoms with Gasteiger partial charge in [-0.25, -0.2) is 27.8 Å². The van der Waals surface area contributed by atoms with Crippen LogP contribution in [0.1, 0.15) is 44.0 Å². The molecule has 3 N–H and O–H groups in total. The van der Waals surface area contributed by atoms with E-state index in [9.17, 15) is 13.2 Å². The first kappa shape index (κ1) is 24.7. The Labute approximate surface area is 203 Å². The lowest BCUT2D eigenvalue weighted by Gasteiger charge is -2.32. The van der Waals surface area contributed by atoms with Crippen LogP contribution >= 0.6 is 0 Å². The zero-order chi connectivity index (χ0) is 25.1. The molecule has 0 aliphatic heterocycles. The standard InChI is InChI=1S/C23H27FN6O4S/c1-2-34-20-14-26-13-18(29-20)15-7-10-23(21(25)31,19(24)12-15)9-3-4-16-8-11-27-22(28-16)30-35(32,33)17-5-6-17/h7-8,10-14,17,19H,2-6,9H2,1H3,(H2,25,31)(H,27,28,30). The summed E-state index contributed by atoms with van der Waals surface area (Å²) in [6.45, 7) is 2.24. The molecule has 2 aliphatic carbocycles. The number of nitrogens with two attached hydrogens (primary N) is 1. The number of aryl methyl sites for hydroxylation is 1. The van der Waals surface area contributed by atoms with Gasteiger partial charge in [0.25, 0.3) is 0 Å². The molecule has 186 valence electrons. The Balaban J connectivity index is 1.43. The van der Waals surface area contributed by atoms with Gasteiger partial charge in [0.2, 0.25) is 27.8 Å². The van der Waals surface area contributed by atoms with Gasteiger partial charge in [0.15, 0.2) is 0 Å². The molecule has 1 amide bonds. The fourth-order valence-corrected chi connectivity index (χ4v) is 5.14. The van der Waals surface area contributed by atoms with Crippen molar-refractivity contribution in [1.82, 2.24) is 19.9 Å². The average Bonchev–Trinajstić information content (AvgIpc) is 3.67. The topological polar surface area (TPSA) is 150 Å². The highest BCUT2D eigenvalue weighted by Crippen LogP contribution is 2.39. The van der Waals surface area contributed by atoms with Crippen molar-refractivity contribution < 1.29 is 22.3 Å². The number of hydrogen-bond donors (Lipinski definition) is 2. The number of primary amides is 1. The number of ether oxygens (including phenoxy) is 1. The normalized spacial score (nSPS) is 21.9. The van der Waals surface area contributed by atoms with E-state index in [4.69, 9.17) is 10.5 Å². The van der Waals surface area contributed by atoms with Crippen molar-refractivity contribution in [2.75, 3.05) is 11.3 Å². The highest BCUT2D eigenvalue weighted by atomic mass is 32.2. The van der Waals surface area contributed by atoms with Crippen LogP contribution in [0.3, 0.4) is 0 Å². The van der Waals surface area contributed by atoms with E-state index in [-0.39, 0.29) is 12.4 Å². The van der Waals surface area contributed by atoms with Crippen LogP contribution in [0.2, 0.25) is 0 Å². The molecule has 0 radical (unpaired) electrons. The lowest BCUT2D eigenvalue weighted by Crippen LogP contribution is -2.43. The van der Waals surface area contributed by atoms with Crippen LogP contribution in [0.15, 0.2) is 42.9 Å². The van der Waals surface area contributed by atoms with Gasteiger partial charge in [0.1, 0.15) is 11.6 Å². The van der Waals surface area contributed by atoms with Crippen LogP contribution in [0.25, 0.3) is 5.57 Å². The predicted octanol–water partition coefficient (Wildman–Crippen LogP) is 2.36. The molecule has 2 aliphatic rings. The van der Waals surface area contributed by atoms with Crippen molar-refractivity contribution >= 4 is 27.5 Å². The fraction of sp³-hybridized carbons (Fsp3) is 0.435. The van der Waals surface area contributed by atoms with Crippen molar-refractivity contribution in [3.8, 4) is 5.88 Å². The first-order valence-corrected chi connectivity index (χ1v) is 12.9. The maximum Gasteiger partial charge on any atom is 0.237 e. The minimum Gasteiger partial charge on any atom is -0.477 e. The molecule has 1 saturated carbocycles. The van der Waals surface area contributed by atoms with Crippen LogP contribution in [0, 0.1) is 5.41 Å². The number of allylic oxidation sites excluding steroid dienone is 3. The summed E-state index contributed by atoms with van der Waals surface area (Å²) in [6.07, 6.45) is 9.36. The van der Waals surface area contributed by atoms with E-state index in [1.54, 1.807) is 12.1 Å². The molecule has 10 nitrogen and oxygen atoms in total. The molecular formula is C23H27FN6O4S. The molecule has 2 atom stereocenters. The van der Waals surface area contributed by atoms with Gasteiger partial charge in [0, 0.05) is 17.5 Å². The molecule has 4 rings (SSSR count). The number of carbonyl (C=O) groups excluding carboxylic acids is 1. The molecule has 2 unspecified atom stereocenters. The molecule has 0 bridgehead atoms. The molecule has 0 spiro atoms. The number of halogens is 1. The summed E-state index contributed by atoms with van der Waals surface area (Å²) in [7, 11) is -3.48. The zero-order valence-corrected chi connectivity index (χ0v) is 20.0. The van der Waals surface area contributed by atoms with Crippen LogP contribution in [0.4, 0.5) is 10.3 Å². The Morgan fingerprint density at radius 3 is 2.80 bits per heavy atom. The van der Waals surface area contributed by atoms with Crippen LogP contribution in [-0.4, -0.2) is 52.3 Å². The van der Waals surface area contributed by atoms with E-state index in [0.717, 1.165) is 0 Å². The first-order chi connectivity index (χ1) is 16.7. The summed E-state index contributed by atoms with van der Waals surface area (Å²) in [5.41, 5.74) is 5.60. The summed E-state index contributed by atoms with van der Waals surface area (Å²) < 4.78 is 47.4. The van der Waals surface area contributed by atoms with E-state index in [2.05, 4.69) is 24.7 Å². The minimum atomic E-state index is -3.48. The summed E-state index contributed by atoms with van der Waals surface area (Å²) in [6, 6.07) is 1.65. The smallest absolute Gasteiger partial charge is 0.237 e. The fourth-order valence-electron chi connectivity index (χ4n) is 3.87. The van der Waals surface area contributed by atoms with Crippen molar-refractivity contribution in [3.63, 3.8) is 0 Å². The van der Waals surface area contributed by atoms with E-state index in [1.807, 2.05) is 6.92 Å². The molecule has 2 aromatic rings. The SMILES string of the molecule is CCOc1cncc(C2=CC(F)C(CCCc3ccnc(NS(=O)(=O)C4CC4)n3)(C(N)=O)C=C2)n1. The highest BCUT2D eigenvalue weighted by molar-refractivity contribution is 7.93. The van der Waals surface area contributed by atoms with Crippen molar-refractivity contribution in [2.24, 2.45) is 11.1 Å². The van der Waals surface area contributed by atoms with E-state index >= 15 is 4.39 Å². The summed E-state index contributed by atoms with van der Waals surface area (Å²) in [4.78, 5) is 28.9. The number of rotatable bonds is 11. The third-order valence-electron chi connectivity index (χ3n) is 5.97. The highest BCUT2D eigenvalue weighted by Gasteiger charge is 2.43. The van der Waals surface area contributed by atoms with Gasteiger partial charge in [0.05, 0.1) is 29.9 Å². The Morgan fingerprint density at radius 1 is 1.31 bits per heavy atom. The Kier molecular flexibility index (Phi) is 7.10. The molecule has 2 aromatic heterocycles. The number of sulfonamides is 1. The van der Waals surface area contributed by atoms with Crippen molar-refractivity contribution in [3.05, 3.63) is 54.3 Å². The van der Waals surface area contributed by atoms with Gasteiger partial charge in [-0.2, -0.15) is 0 Å². The second-order valence-electron chi connectivity index (χ2n) is 8.51. The van der Waals surface area contributed by atoms with Gasteiger partial charge >= 0.3 is 0 Å². The third kappa shape index (κ3) is 5.64. The van der Waals surface area contributed by atoms with Gasteiger partial charge in [-0.1, -0.05) is 12.2 Å². The third-order valence-corrected chi connectivity index (χ3v) is 7.79. The molecule has 35 heavy (non-hydrogen) atoms. The predicted molar refractivity (Wildman–Crippen MR) is 127 cm³/mol. The second kappa shape index (κ2) is 10.1. The largest absolute Gasteiger partial charge is 0.477 e. The first-order valence-electron chi connectivity index (χ1n) is 11.4. The maximum absolute atomic E-state index is 15.4. The molecule has 0 aromatic carbocycles. The Bertz CT molecular complexity index is 1260. The van der Waals surface area contributed by atoms with Crippen LogP contribution in [-0.2, 0) is 21.2 Å². The summed E-state index contributed by atoms with van der Waals surface area (Å²) in [5.74, 6) is -0.445. The number of carbonyl (C=O) groups is 1. The van der Waals surface area contributed by atoms with Gasteiger partial charge < -0.3 is 10.5 Å². The number of nitrogens with zero attached hydrogens (tertiary/aromatic N) is 4. The number of hydrogen-bond acceptors (Lipinski definition) is 8. The van der Waals surface area contributed by atoms with E-state index in [0.29, 0.717) is 55.1 Å². The average molecular weight is 503 g/mol.